The number of hydrogen-bond donors (Lipinski definition) is 1. The van der Waals surface area contributed by atoms with Crippen LogP contribution in [0.2, 0.25) is 0 Å². The monoisotopic (exact) mass is 188 g/mol. The quantitative estimate of drug-likeness (QED) is 0.686. The second-order valence-corrected chi connectivity index (χ2v) is 2.30. The molecule has 0 radical (unpaired) electrons. The smallest absolute Gasteiger partial charge is 0.419 e. The van der Waals surface area contributed by atoms with E-state index in [4.69, 9.17) is 5.11 Å². The first-order valence-electron chi connectivity index (χ1n) is 3.26. The van der Waals surface area contributed by atoms with Crippen LogP contribution in [0.4, 0.5) is 17.6 Å². The van der Waals surface area contributed by atoms with Crippen LogP contribution in [0.3, 0.4) is 0 Å². The van der Waals surface area contributed by atoms with Crippen LogP contribution in [-0.4, -0.2) is 23.4 Å². The third-order valence-corrected chi connectivity index (χ3v) is 1.20. The van der Waals surface area contributed by atoms with Crippen molar-refractivity contribution >= 4 is 5.97 Å². The van der Waals surface area contributed by atoms with Crippen molar-refractivity contribution in [2.75, 3.05) is 0 Å². The third kappa shape index (κ3) is 4.92. The number of aliphatic carboxylic acids is 1. The SMILES string of the molecule is O=C(O)CCCC(F)C(F)(F)F. The van der Waals surface area contributed by atoms with Crippen molar-refractivity contribution in [2.45, 2.75) is 31.6 Å². The molecule has 0 aromatic carbocycles. The Hall–Kier alpha value is -0.810. The molecule has 12 heavy (non-hydrogen) atoms. The van der Waals surface area contributed by atoms with Gasteiger partial charge in [-0.2, -0.15) is 13.2 Å². The van der Waals surface area contributed by atoms with Gasteiger partial charge in [-0.1, -0.05) is 0 Å². The van der Waals surface area contributed by atoms with E-state index in [1.807, 2.05) is 0 Å². The summed E-state index contributed by atoms with van der Waals surface area (Å²) in [6.07, 6.45) is -9.28. The summed E-state index contributed by atoms with van der Waals surface area (Å²) in [5.74, 6) is -1.22. The summed E-state index contributed by atoms with van der Waals surface area (Å²) in [5, 5.41) is 8.03. The molecular formula is C6H8F4O2. The largest absolute Gasteiger partial charge is 0.481 e. The Morgan fingerprint density at radius 3 is 2.25 bits per heavy atom. The molecule has 0 bridgehead atoms. The number of alkyl halides is 4. The minimum atomic E-state index is -4.86. The molecule has 0 rings (SSSR count). The van der Waals surface area contributed by atoms with Gasteiger partial charge >= 0.3 is 12.1 Å². The van der Waals surface area contributed by atoms with Crippen molar-refractivity contribution in [1.82, 2.24) is 0 Å². The lowest BCUT2D eigenvalue weighted by atomic mass is 10.1. The molecule has 0 aliphatic rings. The van der Waals surface area contributed by atoms with E-state index in [1.165, 1.54) is 0 Å². The Kier molecular flexibility index (Phi) is 3.99. The van der Waals surface area contributed by atoms with Gasteiger partial charge in [-0.25, -0.2) is 4.39 Å². The molecule has 0 amide bonds. The summed E-state index contributed by atoms with van der Waals surface area (Å²) in [7, 11) is 0. The molecule has 0 saturated carbocycles. The number of carboxylic acids is 1. The highest BCUT2D eigenvalue weighted by molar-refractivity contribution is 5.66. The highest BCUT2D eigenvalue weighted by Crippen LogP contribution is 2.26. The summed E-state index contributed by atoms with van der Waals surface area (Å²) in [5.41, 5.74) is 0. The van der Waals surface area contributed by atoms with E-state index in [9.17, 15) is 22.4 Å². The first-order valence-corrected chi connectivity index (χ1v) is 3.26. The molecule has 0 aliphatic carbocycles. The van der Waals surface area contributed by atoms with E-state index in [-0.39, 0.29) is 6.42 Å². The van der Waals surface area contributed by atoms with Crippen molar-refractivity contribution in [2.24, 2.45) is 0 Å². The van der Waals surface area contributed by atoms with Gasteiger partial charge in [0.2, 0.25) is 0 Å². The summed E-state index contributed by atoms with van der Waals surface area (Å²) < 4.78 is 46.4. The predicted molar refractivity (Wildman–Crippen MR) is 32.4 cm³/mol. The van der Waals surface area contributed by atoms with Crippen molar-refractivity contribution in [3.63, 3.8) is 0 Å². The summed E-state index contributed by atoms with van der Waals surface area (Å²) in [4.78, 5) is 9.83. The average Bonchev–Trinajstić information content (AvgIpc) is 1.84. The molecule has 0 heterocycles. The predicted octanol–water partition coefficient (Wildman–Crippen LogP) is 2.14. The highest BCUT2D eigenvalue weighted by atomic mass is 19.4. The fraction of sp³-hybridized carbons (Fsp3) is 0.833. The number of hydrogen-bond acceptors (Lipinski definition) is 1. The minimum absolute atomic E-state index is 0.296. The van der Waals surface area contributed by atoms with Crippen LogP contribution in [0.15, 0.2) is 0 Å². The summed E-state index contributed by atoms with van der Waals surface area (Å²) >= 11 is 0. The number of carboxylic acid groups (broad SMARTS) is 1. The second kappa shape index (κ2) is 4.27. The molecule has 1 atom stereocenters. The zero-order valence-corrected chi connectivity index (χ0v) is 6.07. The molecule has 6 heteroatoms. The van der Waals surface area contributed by atoms with Gasteiger partial charge in [0.1, 0.15) is 0 Å². The van der Waals surface area contributed by atoms with Crippen LogP contribution in [0.25, 0.3) is 0 Å². The molecule has 0 fully saturated rings. The van der Waals surface area contributed by atoms with Gasteiger partial charge in [0, 0.05) is 6.42 Å². The van der Waals surface area contributed by atoms with Crippen LogP contribution in [0, 0.1) is 0 Å². The van der Waals surface area contributed by atoms with E-state index < -0.39 is 31.2 Å². The standard InChI is InChI=1S/C6H8F4O2/c7-4(6(8,9)10)2-1-3-5(11)12/h4H,1-3H2,(H,11,12). The van der Waals surface area contributed by atoms with Gasteiger partial charge in [-0.15, -0.1) is 0 Å². The van der Waals surface area contributed by atoms with E-state index in [1.54, 1.807) is 0 Å². The van der Waals surface area contributed by atoms with Gasteiger partial charge < -0.3 is 5.11 Å². The van der Waals surface area contributed by atoms with E-state index >= 15 is 0 Å². The molecule has 1 N–H and O–H groups in total. The molecule has 1 unspecified atom stereocenters. The lowest BCUT2D eigenvalue weighted by Gasteiger charge is -2.10. The second-order valence-electron chi connectivity index (χ2n) is 2.30. The Labute approximate surface area is 66.2 Å². The Morgan fingerprint density at radius 1 is 1.42 bits per heavy atom. The van der Waals surface area contributed by atoms with E-state index in [0.29, 0.717) is 0 Å². The molecular weight excluding hydrogens is 180 g/mol. The van der Waals surface area contributed by atoms with Crippen LogP contribution >= 0.6 is 0 Å². The molecule has 0 saturated heterocycles. The fourth-order valence-electron chi connectivity index (χ4n) is 0.596. The Balaban J connectivity index is 3.58. The van der Waals surface area contributed by atoms with E-state index in [2.05, 4.69) is 0 Å². The van der Waals surface area contributed by atoms with Crippen LogP contribution < -0.4 is 0 Å². The van der Waals surface area contributed by atoms with Crippen molar-refractivity contribution in [3.05, 3.63) is 0 Å². The molecule has 0 spiro atoms. The Bertz CT molecular complexity index is 154. The van der Waals surface area contributed by atoms with Crippen LogP contribution in [0.5, 0.6) is 0 Å². The minimum Gasteiger partial charge on any atom is -0.481 e. The third-order valence-electron chi connectivity index (χ3n) is 1.20. The first-order chi connectivity index (χ1) is 5.34. The number of carbonyl (C=O) groups is 1. The van der Waals surface area contributed by atoms with Crippen molar-refractivity contribution in [1.29, 1.82) is 0 Å². The van der Waals surface area contributed by atoms with Gasteiger partial charge in [0.25, 0.3) is 0 Å². The van der Waals surface area contributed by atoms with Gasteiger partial charge in [0.05, 0.1) is 0 Å². The zero-order valence-electron chi connectivity index (χ0n) is 6.07. The number of rotatable bonds is 4. The van der Waals surface area contributed by atoms with Gasteiger partial charge in [-0.05, 0) is 12.8 Å². The molecule has 72 valence electrons. The van der Waals surface area contributed by atoms with Crippen LogP contribution in [0.1, 0.15) is 19.3 Å². The van der Waals surface area contributed by atoms with Crippen LogP contribution in [-0.2, 0) is 4.79 Å². The summed E-state index contributed by atoms with van der Waals surface area (Å²) in [6.45, 7) is 0. The van der Waals surface area contributed by atoms with Gasteiger partial charge in [-0.3, -0.25) is 4.79 Å². The molecule has 0 aliphatic heterocycles. The highest BCUT2D eigenvalue weighted by Gasteiger charge is 2.39. The topological polar surface area (TPSA) is 37.3 Å². The van der Waals surface area contributed by atoms with Crippen molar-refractivity contribution in [3.8, 4) is 0 Å². The molecule has 0 aromatic rings. The van der Waals surface area contributed by atoms with E-state index in [0.717, 1.165) is 0 Å². The summed E-state index contributed by atoms with van der Waals surface area (Å²) in [6, 6.07) is 0. The lowest BCUT2D eigenvalue weighted by molar-refractivity contribution is -0.182. The average molecular weight is 188 g/mol. The normalized spacial score (nSPS) is 14.3. The molecule has 0 aromatic heterocycles. The molecule has 2 nitrogen and oxygen atoms in total. The first kappa shape index (κ1) is 11.2. The maximum absolute atomic E-state index is 12.0. The van der Waals surface area contributed by atoms with Gasteiger partial charge in [0.15, 0.2) is 6.17 Å². The van der Waals surface area contributed by atoms with Crippen molar-refractivity contribution < 1.29 is 27.5 Å². The number of halogens is 4. The Morgan fingerprint density at radius 2 is 1.92 bits per heavy atom. The fourth-order valence-corrected chi connectivity index (χ4v) is 0.596. The zero-order chi connectivity index (χ0) is 9.78. The maximum Gasteiger partial charge on any atom is 0.419 e. The maximum atomic E-state index is 12.0. The lowest BCUT2D eigenvalue weighted by Crippen LogP contribution is -2.24.